The molecule has 0 unspecified atom stereocenters. The summed E-state index contributed by atoms with van der Waals surface area (Å²) in [7, 11) is 0. The molecule has 0 spiro atoms. The van der Waals surface area contributed by atoms with Gasteiger partial charge < -0.3 is 11.1 Å². The summed E-state index contributed by atoms with van der Waals surface area (Å²) in [5.41, 5.74) is 6.65. The number of nitrogens with two attached hydrogens (primary N) is 1. The Morgan fingerprint density at radius 1 is 1.56 bits per heavy atom. The Hall–Kier alpha value is -2.17. The second-order valence-corrected chi connectivity index (χ2v) is 3.33. The zero-order chi connectivity index (χ0) is 11.5. The number of hydrogen-bond acceptors (Lipinski definition) is 4. The Balaban J connectivity index is 2.54. The van der Waals surface area contributed by atoms with Crippen LogP contribution < -0.4 is 11.1 Å². The molecule has 0 saturated heterocycles. The van der Waals surface area contributed by atoms with Gasteiger partial charge in [0.25, 0.3) is 5.91 Å². The Morgan fingerprint density at radius 3 is 3.12 bits per heavy atom. The third-order valence-corrected chi connectivity index (χ3v) is 2.20. The molecule has 1 amide bonds. The fourth-order valence-electron chi connectivity index (χ4n) is 1.46. The molecule has 0 aliphatic carbocycles. The van der Waals surface area contributed by atoms with Crippen molar-refractivity contribution in [2.24, 2.45) is 0 Å². The lowest BCUT2D eigenvalue weighted by atomic mass is 10.2. The summed E-state index contributed by atoms with van der Waals surface area (Å²) in [5, 5.41) is 3.49. The van der Waals surface area contributed by atoms with Gasteiger partial charge in [-0.15, -0.1) is 0 Å². The van der Waals surface area contributed by atoms with Crippen molar-refractivity contribution in [2.75, 3.05) is 12.3 Å². The summed E-state index contributed by atoms with van der Waals surface area (Å²) in [6, 6.07) is 5.34. The van der Waals surface area contributed by atoms with Gasteiger partial charge in [-0.1, -0.05) is 0 Å². The minimum absolute atomic E-state index is 0.206. The van der Waals surface area contributed by atoms with Crippen molar-refractivity contribution >= 4 is 22.8 Å². The second kappa shape index (κ2) is 4.14. The number of nitrogens with zero attached hydrogens (tertiary/aromatic N) is 2. The molecule has 0 atom stereocenters. The van der Waals surface area contributed by atoms with Crippen LogP contribution in [0.3, 0.4) is 0 Å². The number of anilines is 1. The molecule has 0 bridgehead atoms. The average Bonchev–Trinajstić information content (AvgIpc) is 2.28. The van der Waals surface area contributed by atoms with E-state index < -0.39 is 0 Å². The van der Waals surface area contributed by atoms with Crippen molar-refractivity contribution in [1.29, 1.82) is 0 Å². The first kappa shape index (κ1) is 10.4. The van der Waals surface area contributed by atoms with Crippen LogP contribution in [-0.2, 0) is 0 Å². The van der Waals surface area contributed by atoms with Crippen molar-refractivity contribution in [3.8, 4) is 0 Å². The summed E-state index contributed by atoms with van der Waals surface area (Å²) in [5.74, 6) is -0.00426. The van der Waals surface area contributed by atoms with Crippen LogP contribution in [0.4, 0.5) is 5.82 Å². The van der Waals surface area contributed by atoms with Crippen LogP contribution in [-0.4, -0.2) is 22.4 Å². The van der Waals surface area contributed by atoms with E-state index in [0.29, 0.717) is 17.8 Å². The van der Waals surface area contributed by atoms with Crippen molar-refractivity contribution in [3.63, 3.8) is 0 Å². The van der Waals surface area contributed by atoms with E-state index in [-0.39, 0.29) is 11.7 Å². The number of nitrogens with one attached hydrogen (secondary N) is 1. The van der Waals surface area contributed by atoms with Crippen LogP contribution in [0.5, 0.6) is 0 Å². The van der Waals surface area contributed by atoms with Gasteiger partial charge >= 0.3 is 0 Å². The van der Waals surface area contributed by atoms with E-state index in [1.807, 2.05) is 13.0 Å². The number of pyridine rings is 2. The predicted molar refractivity (Wildman–Crippen MR) is 62.0 cm³/mol. The molecule has 2 heterocycles. The molecule has 0 aliphatic heterocycles. The predicted octanol–water partition coefficient (Wildman–Crippen LogP) is 0.962. The fraction of sp³-hybridized carbons (Fsp3) is 0.182. The monoisotopic (exact) mass is 216 g/mol. The molecule has 0 fully saturated rings. The van der Waals surface area contributed by atoms with Crippen molar-refractivity contribution in [3.05, 3.63) is 30.0 Å². The smallest absolute Gasteiger partial charge is 0.255 e. The lowest BCUT2D eigenvalue weighted by Crippen LogP contribution is -2.24. The molecule has 3 N–H and O–H groups in total. The first-order chi connectivity index (χ1) is 7.72. The van der Waals surface area contributed by atoms with Gasteiger partial charge in [-0.2, -0.15) is 0 Å². The number of hydrogen-bond donors (Lipinski definition) is 2. The summed E-state index contributed by atoms with van der Waals surface area (Å²) >= 11 is 0. The van der Waals surface area contributed by atoms with Gasteiger partial charge in [-0.05, 0) is 25.1 Å². The topological polar surface area (TPSA) is 80.9 Å². The lowest BCUT2D eigenvalue weighted by molar-refractivity contribution is 0.0956. The highest BCUT2D eigenvalue weighted by molar-refractivity contribution is 6.01. The van der Waals surface area contributed by atoms with E-state index >= 15 is 0 Å². The van der Waals surface area contributed by atoms with E-state index in [9.17, 15) is 4.79 Å². The average molecular weight is 216 g/mol. The number of carbonyl (C=O) groups is 1. The minimum Gasteiger partial charge on any atom is -0.383 e. The van der Waals surface area contributed by atoms with Crippen molar-refractivity contribution in [1.82, 2.24) is 15.3 Å². The molecule has 5 heteroatoms. The minimum atomic E-state index is -0.210. The zero-order valence-corrected chi connectivity index (χ0v) is 8.90. The lowest BCUT2D eigenvalue weighted by Gasteiger charge is -2.06. The molecule has 0 radical (unpaired) electrons. The standard InChI is InChI=1S/C11H12N4O/c1-2-13-11(16)8-6-7-4-3-5-14-10(7)15-9(8)12/h3-6H,2H2,1H3,(H,13,16)(H2,12,14,15). The highest BCUT2D eigenvalue weighted by atomic mass is 16.1. The van der Waals surface area contributed by atoms with Crippen LogP contribution in [0, 0.1) is 0 Å². The van der Waals surface area contributed by atoms with E-state index in [1.165, 1.54) is 0 Å². The van der Waals surface area contributed by atoms with E-state index in [2.05, 4.69) is 15.3 Å². The molecular formula is C11H12N4O. The maximum atomic E-state index is 11.7. The Bertz CT molecular complexity index is 538. The summed E-state index contributed by atoms with van der Waals surface area (Å²) in [6.07, 6.45) is 1.64. The highest BCUT2D eigenvalue weighted by Crippen LogP contribution is 2.16. The summed E-state index contributed by atoms with van der Waals surface area (Å²) in [4.78, 5) is 19.8. The van der Waals surface area contributed by atoms with Crippen LogP contribution in [0.15, 0.2) is 24.4 Å². The number of amides is 1. The molecule has 0 aliphatic rings. The van der Waals surface area contributed by atoms with Crippen LogP contribution in [0.25, 0.3) is 11.0 Å². The maximum Gasteiger partial charge on any atom is 0.255 e. The Morgan fingerprint density at radius 2 is 2.38 bits per heavy atom. The summed E-state index contributed by atoms with van der Waals surface area (Å²) < 4.78 is 0. The van der Waals surface area contributed by atoms with E-state index in [4.69, 9.17) is 5.73 Å². The molecule has 2 aromatic rings. The quantitative estimate of drug-likeness (QED) is 0.783. The van der Waals surface area contributed by atoms with Gasteiger partial charge in [-0.3, -0.25) is 4.79 Å². The zero-order valence-electron chi connectivity index (χ0n) is 8.90. The van der Waals surface area contributed by atoms with Gasteiger partial charge in [0.1, 0.15) is 5.82 Å². The number of carbonyl (C=O) groups excluding carboxylic acids is 1. The normalized spacial score (nSPS) is 10.3. The number of fused-ring (bicyclic) bond motifs is 1. The van der Waals surface area contributed by atoms with Crippen LogP contribution >= 0.6 is 0 Å². The third-order valence-electron chi connectivity index (χ3n) is 2.20. The summed E-state index contributed by atoms with van der Waals surface area (Å²) in [6.45, 7) is 2.41. The Labute approximate surface area is 92.7 Å². The largest absolute Gasteiger partial charge is 0.383 e. The molecule has 5 nitrogen and oxygen atoms in total. The van der Waals surface area contributed by atoms with Gasteiger partial charge in [-0.25, -0.2) is 9.97 Å². The number of rotatable bonds is 2. The Kier molecular flexibility index (Phi) is 2.68. The van der Waals surface area contributed by atoms with Gasteiger partial charge in [0.2, 0.25) is 0 Å². The number of nitrogen functional groups attached to an aromatic ring is 1. The fourth-order valence-corrected chi connectivity index (χ4v) is 1.46. The molecule has 82 valence electrons. The van der Waals surface area contributed by atoms with Gasteiger partial charge in [0.05, 0.1) is 5.56 Å². The highest BCUT2D eigenvalue weighted by Gasteiger charge is 2.11. The molecule has 0 saturated carbocycles. The first-order valence-corrected chi connectivity index (χ1v) is 5.02. The van der Waals surface area contributed by atoms with Gasteiger partial charge in [0.15, 0.2) is 5.65 Å². The number of aromatic nitrogens is 2. The van der Waals surface area contributed by atoms with Crippen LogP contribution in [0.1, 0.15) is 17.3 Å². The molecule has 16 heavy (non-hydrogen) atoms. The molecule has 2 aromatic heterocycles. The van der Waals surface area contributed by atoms with Crippen LogP contribution in [0.2, 0.25) is 0 Å². The first-order valence-electron chi connectivity index (χ1n) is 5.02. The maximum absolute atomic E-state index is 11.7. The third kappa shape index (κ3) is 1.79. The molecule has 0 aromatic carbocycles. The van der Waals surface area contributed by atoms with Crippen molar-refractivity contribution < 1.29 is 4.79 Å². The van der Waals surface area contributed by atoms with Gasteiger partial charge in [0, 0.05) is 18.1 Å². The molecular weight excluding hydrogens is 204 g/mol. The molecule has 2 rings (SSSR count). The SMILES string of the molecule is CCNC(=O)c1cc2cccnc2nc1N. The van der Waals surface area contributed by atoms with E-state index in [1.54, 1.807) is 18.3 Å². The van der Waals surface area contributed by atoms with Crippen molar-refractivity contribution in [2.45, 2.75) is 6.92 Å². The second-order valence-electron chi connectivity index (χ2n) is 3.33. The van der Waals surface area contributed by atoms with E-state index in [0.717, 1.165) is 5.39 Å².